The highest BCUT2D eigenvalue weighted by Gasteiger charge is 2.31. The molecule has 1 aliphatic carbocycles. The summed E-state index contributed by atoms with van der Waals surface area (Å²) in [4.78, 5) is 13.2. The average molecular weight is 167 g/mol. The lowest BCUT2D eigenvalue weighted by atomic mass is 10.2. The van der Waals surface area contributed by atoms with Gasteiger partial charge >= 0.3 is 0 Å². The zero-order valence-electron chi connectivity index (χ0n) is 8.08. The van der Waals surface area contributed by atoms with E-state index in [9.17, 15) is 4.79 Å². The van der Waals surface area contributed by atoms with Crippen LogP contribution in [0.5, 0.6) is 0 Å². The van der Waals surface area contributed by atoms with Gasteiger partial charge in [0.05, 0.1) is 0 Å². The Kier molecular flexibility index (Phi) is 2.90. The summed E-state index contributed by atoms with van der Waals surface area (Å²) in [6, 6.07) is 0.411. The van der Waals surface area contributed by atoms with Gasteiger partial charge in [-0.05, 0) is 38.7 Å². The minimum Gasteiger partial charge on any atom is -0.339 e. The van der Waals surface area contributed by atoms with Crippen LogP contribution in [0, 0.1) is 5.92 Å². The van der Waals surface area contributed by atoms with Crippen LogP contribution in [-0.2, 0) is 4.79 Å². The average Bonchev–Trinajstić information content (AvgIpc) is 2.84. The van der Waals surface area contributed by atoms with E-state index in [2.05, 4.69) is 6.92 Å². The van der Waals surface area contributed by atoms with E-state index in [0.717, 1.165) is 5.92 Å². The van der Waals surface area contributed by atoms with Crippen LogP contribution in [0.3, 0.4) is 0 Å². The number of carbonyl (C=O) groups excluding carboxylic acids is 1. The van der Waals surface area contributed by atoms with Crippen LogP contribution >= 0.6 is 0 Å². The number of hydrogen-bond donors (Lipinski definition) is 0. The fourth-order valence-electron chi connectivity index (χ4n) is 1.36. The highest BCUT2D eigenvalue weighted by Crippen LogP contribution is 2.34. The Bertz CT molecular complexity index is 194. The largest absolute Gasteiger partial charge is 0.339 e. The smallest absolute Gasteiger partial charge is 0.246 e. The van der Waals surface area contributed by atoms with Crippen molar-refractivity contribution in [3.8, 4) is 0 Å². The van der Waals surface area contributed by atoms with E-state index >= 15 is 0 Å². The fraction of sp³-hybridized carbons (Fsp3) is 0.700. The predicted octanol–water partition coefficient (Wildman–Crippen LogP) is 1.82. The van der Waals surface area contributed by atoms with Gasteiger partial charge in [0.2, 0.25) is 5.91 Å². The van der Waals surface area contributed by atoms with Crippen LogP contribution in [0.25, 0.3) is 0 Å². The molecule has 1 amide bonds. The molecule has 0 aromatic heterocycles. The van der Waals surface area contributed by atoms with E-state index in [4.69, 9.17) is 0 Å². The van der Waals surface area contributed by atoms with Gasteiger partial charge in [-0.25, -0.2) is 0 Å². The minimum absolute atomic E-state index is 0.122. The van der Waals surface area contributed by atoms with Gasteiger partial charge in [-0.2, -0.15) is 0 Å². The Morgan fingerprint density at radius 1 is 1.58 bits per heavy atom. The Morgan fingerprint density at radius 3 is 2.58 bits per heavy atom. The lowest BCUT2D eigenvalue weighted by Gasteiger charge is -2.23. The highest BCUT2D eigenvalue weighted by atomic mass is 16.2. The summed E-state index contributed by atoms with van der Waals surface area (Å²) >= 11 is 0. The number of likely N-dealkylation sites (N-methyl/N-ethyl adjacent to an activating group) is 1. The van der Waals surface area contributed by atoms with Gasteiger partial charge < -0.3 is 4.90 Å². The molecule has 2 heteroatoms. The molecule has 0 N–H and O–H groups in total. The first-order valence-corrected chi connectivity index (χ1v) is 4.56. The molecular weight excluding hydrogens is 150 g/mol. The number of nitrogens with zero attached hydrogens (tertiary/aromatic N) is 1. The van der Waals surface area contributed by atoms with Crippen molar-refractivity contribution in [2.45, 2.75) is 32.7 Å². The molecule has 1 aliphatic rings. The zero-order chi connectivity index (χ0) is 9.14. The molecule has 0 heterocycles. The Hall–Kier alpha value is -0.790. The fourth-order valence-corrected chi connectivity index (χ4v) is 1.36. The molecule has 0 aliphatic heterocycles. The number of hydrogen-bond acceptors (Lipinski definition) is 1. The second-order valence-electron chi connectivity index (χ2n) is 3.53. The summed E-state index contributed by atoms with van der Waals surface area (Å²) in [7, 11) is 1.88. The molecule has 68 valence electrons. The lowest BCUT2D eigenvalue weighted by molar-refractivity contribution is -0.126. The maximum Gasteiger partial charge on any atom is 0.246 e. The molecule has 1 rings (SSSR count). The molecule has 1 atom stereocenters. The molecule has 0 spiro atoms. The van der Waals surface area contributed by atoms with E-state index < -0.39 is 0 Å². The van der Waals surface area contributed by atoms with E-state index in [1.165, 1.54) is 12.8 Å². The van der Waals surface area contributed by atoms with Crippen molar-refractivity contribution in [3.05, 3.63) is 12.2 Å². The first-order chi connectivity index (χ1) is 5.66. The first kappa shape index (κ1) is 9.30. The third-order valence-corrected chi connectivity index (χ3v) is 2.57. The second kappa shape index (κ2) is 3.74. The number of rotatable bonds is 3. The van der Waals surface area contributed by atoms with Crippen molar-refractivity contribution in [2.75, 3.05) is 7.05 Å². The van der Waals surface area contributed by atoms with E-state index in [0.29, 0.717) is 6.04 Å². The van der Waals surface area contributed by atoms with E-state index in [-0.39, 0.29) is 5.91 Å². The van der Waals surface area contributed by atoms with Crippen molar-refractivity contribution in [3.63, 3.8) is 0 Å². The van der Waals surface area contributed by atoms with Gasteiger partial charge in [0.25, 0.3) is 0 Å². The second-order valence-corrected chi connectivity index (χ2v) is 3.53. The standard InChI is InChI=1S/C10H17NO/c1-4-5-10(12)11(3)8(2)9-6-7-9/h4-5,8-9H,6-7H2,1-3H3. The molecule has 12 heavy (non-hydrogen) atoms. The van der Waals surface area contributed by atoms with Crippen LogP contribution in [-0.4, -0.2) is 23.9 Å². The number of carbonyl (C=O) groups is 1. The van der Waals surface area contributed by atoms with Gasteiger partial charge in [0.15, 0.2) is 0 Å². The molecule has 1 saturated carbocycles. The van der Waals surface area contributed by atoms with Crippen LogP contribution in [0.4, 0.5) is 0 Å². The van der Waals surface area contributed by atoms with Crippen molar-refractivity contribution in [2.24, 2.45) is 5.92 Å². The molecule has 0 aromatic carbocycles. The lowest BCUT2D eigenvalue weighted by Crippen LogP contribution is -2.35. The molecule has 0 saturated heterocycles. The SMILES string of the molecule is CC=CC(=O)N(C)C(C)C1CC1. The van der Waals surface area contributed by atoms with Crippen LogP contribution in [0.15, 0.2) is 12.2 Å². The first-order valence-electron chi connectivity index (χ1n) is 4.56. The maximum absolute atomic E-state index is 11.4. The molecule has 1 fully saturated rings. The quantitative estimate of drug-likeness (QED) is 0.587. The Morgan fingerprint density at radius 2 is 2.17 bits per heavy atom. The van der Waals surface area contributed by atoms with Gasteiger partial charge in [0, 0.05) is 13.1 Å². The number of amides is 1. The minimum atomic E-state index is 0.122. The van der Waals surface area contributed by atoms with Crippen molar-refractivity contribution < 1.29 is 4.79 Å². The summed E-state index contributed by atoms with van der Waals surface area (Å²) in [5, 5.41) is 0. The van der Waals surface area contributed by atoms with Crippen LogP contribution in [0.2, 0.25) is 0 Å². The van der Waals surface area contributed by atoms with Crippen LogP contribution < -0.4 is 0 Å². The summed E-state index contributed by atoms with van der Waals surface area (Å²) in [6.45, 7) is 3.99. The third-order valence-electron chi connectivity index (χ3n) is 2.57. The zero-order valence-corrected chi connectivity index (χ0v) is 8.08. The van der Waals surface area contributed by atoms with Crippen molar-refractivity contribution in [1.29, 1.82) is 0 Å². The van der Waals surface area contributed by atoms with E-state index in [1.54, 1.807) is 12.2 Å². The molecule has 0 bridgehead atoms. The third kappa shape index (κ3) is 2.10. The molecular formula is C10H17NO. The highest BCUT2D eigenvalue weighted by molar-refractivity contribution is 5.87. The Balaban J connectivity index is 2.44. The monoisotopic (exact) mass is 167 g/mol. The van der Waals surface area contributed by atoms with Crippen LogP contribution in [0.1, 0.15) is 26.7 Å². The molecule has 0 radical (unpaired) electrons. The Labute approximate surface area is 74.2 Å². The van der Waals surface area contributed by atoms with Crippen molar-refractivity contribution >= 4 is 5.91 Å². The number of allylic oxidation sites excluding steroid dienone is 1. The topological polar surface area (TPSA) is 20.3 Å². The molecule has 1 unspecified atom stereocenters. The van der Waals surface area contributed by atoms with Gasteiger partial charge in [-0.3, -0.25) is 4.79 Å². The summed E-state index contributed by atoms with van der Waals surface area (Å²) in [5.74, 6) is 0.876. The predicted molar refractivity (Wildman–Crippen MR) is 49.8 cm³/mol. The van der Waals surface area contributed by atoms with Gasteiger partial charge in [-0.15, -0.1) is 0 Å². The van der Waals surface area contributed by atoms with Crippen molar-refractivity contribution in [1.82, 2.24) is 4.90 Å². The summed E-state index contributed by atoms with van der Waals surface area (Å²) in [6.07, 6.45) is 5.99. The van der Waals surface area contributed by atoms with Gasteiger partial charge in [0.1, 0.15) is 0 Å². The summed E-state index contributed by atoms with van der Waals surface area (Å²) in [5.41, 5.74) is 0. The normalized spacial score (nSPS) is 19.6. The van der Waals surface area contributed by atoms with E-state index in [1.807, 2.05) is 18.9 Å². The molecule has 0 aromatic rings. The maximum atomic E-state index is 11.4. The molecule has 2 nitrogen and oxygen atoms in total. The van der Waals surface area contributed by atoms with Gasteiger partial charge in [-0.1, -0.05) is 6.08 Å². The summed E-state index contributed by atoms with van der Waals surface area (Å²) < 4.78 is 0.